The minimum Gasteiger partial charge on any atom is -0.338 e. The fourth-order valence-electron chi connectivity index (χ4n) is 4.18. The van der Waals surface area contributed by atoms with Crippen LogP contribution in [0.3, 0.4) is 0 Å². The van der Waals surface area contributed by atoms with Crippen molar-refractivity contribution in [2.75, 3.05) is 26.9 Å². The number of rotatable bonds is 6. The van der Waals surface area contributed by atoms with Gasteiger partial charge >= 0.3 is 6.18 Å². The van der Waals surface area contributed by atoms with Gasteiger partial charge in [-0.05, 0) is 48.9 Å². The zero-order valence-electron chi connectivity index (χ0n) is 19.5. The van der Waals surface area contributed by atoms with Crippen LogP contribution in [0.25, 0.3) is 5.70 Å². The van der Waals surface area contributed by atoms with E-state index in [4.69, 9.17) is 32.9 Å². The number of nitrogens with one attached hydrogen (secondary N) is 1. The van der Waals surface area contributed by atoms with E-state index in [-0.39, 0.29) is 40.0 Å². The van der Waals surface area contributed by atoms with Gasteiger partial charge in [-0.25, -0.2) is 14.3 Å². The molecule has 1 N–H and O–H groups in total. The SMILES string of the molecule is Cc1cc(C2=CC(c3cc(Cl)cc(Cl)c3)(C(F)(F)F)ON2C)ccc1C(=O)NC1CON(CCF)C1=O. The predicted octanol–water partition coefficient (Wildman–Crippen LogP) is 4.82. The lowest BCUT2D eigenvalue weighted by Crippen LogP contribution is -2.43. The number of carbonyl (C=O) groups excluding carboxylic acids is 2. The zero-order valence-corrected chi connectivity index (χ0v) is 21.0. The van der Waals surface area contributed by atoms with E-state index in [1.807, 2.05) is 0 Å². The van der Waals surface area contributed by atoms with Gasteiger partial charge in [-0.3, -0.25) is 19.5 Å². The van der Waals surface area contributed by atoms with Crippen molar-refractivity contribution in [3.63, 3.8) is 0 Å². The minimum absolute atomic E-state index is 0.0180. The normalized spacial score (nSPS) is 22.0. The van der Waals surface area contributed by atoms with Crippen molar-refractivity contribution < 1.29 is 36.8 Å². The molecule has 1 saturated heterocycles. The van der Waals surface area contributed by atoms with Gasteiger partial charge in [-0.2, -0.15) is 13.2 Å². The van der Waals surface area contributed by atoms with Gasteiger partial charge in [0.1, 0.15) is 19.3 Å². The molecule has 13 heteroatoms. The lowest BCUT2D eigenvalue weighted by atomic mass is 9.91. The fraction of sp³-hybridized carbons (Fsp3) is 0.333. The molecule has 2 amide bonds. The van der Waals surface area contributed by atoms with Gasteiger partial charge in [0.25, 0.3) is 11.8 Å². The first kappa shape index (κ1) is 27.2. The third-order valence-electron chi connectivity index (χ3n) is 5.97. The maximum atomic E-state index is 14.4. The molecule has 2 aliphatic rings. The Morgan fingerprint density at radius 3 is 2.46 bits per heavy atom. The number of hydrogen-bond donors (Lipinski definition) is 1. The van der Waals surface area contributed by atoms with Crippen LogP contribution in [-0.2, 0) is 20.1 Å². The summed E-state index contributed by atoms with van der Waals surface area (Å²) in [4.78, 5) is 35.4. The Hall–Kier alpha value is -2.86. The van der Waals surface area contributed by atoms with Crippen molar-refractivity contribution in [2.45, 2.75) is 24.7 Å². The Labute approximate surface area is 219 Å². The molecule has 0 aromatic heterocycles. The smallest absolute Gasteiger partial charge is 0.338 e. The van der Waals surface area contributed by atoms with Gasteiger partial charge in [0.15, 0.2) is 0 Å². The van der Waals surface area contributed by atoms with Crippen molar-refractivity contribution in [3.8, 4) is 0 Å². The Morgan fingerprint density at radius 2 is 1.86 bits per heavy atom. The van der Waals surface area contributed by atoms with Crippen molar-refractivity contribution in [2.24, 2.45) is 0 Å². The van der Waals surface area contributed by atoms with Crippen LogP contribution in [0.15, 0.2) is 42.5 Å². The van der Waals surface area contributed by atoms with Crippen LogP contribution in [-0.4, -0.2) is 61.0 Å². The summed E-state index contributed by atoms with van der Waals surface area (Å²) in [5.74, 6) is -1.16. The third-order valence-corrected chi connectivity index (χ3v) is 6.41. The summed E-state index contributed by atoms with van der Waals surface area (Å²) < 4.78 is 55.7. The highest BCUT2D eigenvalue weighted by atomic mass is 35.5. The second-order valence-electron chi connectivity index (χ2n) is 8.49. The van der Waals surface area contributed by atoms with Gasteiger partial charge in [-0.1, -0.05) is 29.3 Å². The van der Waals surface area contributed by atoms with Crippen LogP contribution in [0.2, 0.25) is 10.0 Å². The Bertz CT molecular complexity index is 1250. The zero-order chi connectivity index (χ0) is 27.1. The lowest BCUT2D eigenvalue weighted by Gasteiger charge is -2.31. The van der Waals surface area contributed by atoms with E-state index in [2.05, 4.69) is 5.32 Å². The van der Waals surface area contributed by atoms with E-state index >= 15 is 0 Å². The molecule has 7 nitrogen and oxygen atoms in total. The maximum absolute atomic E-state index is 14.4. The van der Waals surface area contributed by atoms with Crippen LogP contribution >= 0.6 is 23.2 Å². The average molecular weight is 562 g/mol. The Balaban J connectivity index is 1.63. The minimum atomic E-state index is -4.86. The fourth-order valence-corrected chi connectivity index (χ4v) is 4.71. The number of halogens is 6. The highest BCUT2D eigenvalue weighted by Gasteiger charge is 2.61. The second kappa shape index (κ2) is 10.1. The lowest BCUT2D eigenvalue weighted by molar-refractivity contribution is -0.308. The molecule has 2 atom stereocenters. The van der Waals surface area contributed by atoms with Crippen molar-refractivity contribution in [3.05, 3.63) is 74.8 Å². The predicted molar refractivity (Wildman–Crippen MR) is 127 cm³/mol. The van der Waals surface area contributed by atoms with Crippen LogP contribution in [0.5, 0.6) is 0 Å². The van der Waals surface area contributed by atoms with E-state index in [0.717, 1.165) is 28.3 Å². The van der Waals surface area contributed by atoms with Gasteiger partial charge in [-0.15, -0.1) is 0 Å². The number of amides is 2. The molecule has 2 aliphatic heterocycles. The topological polar surface area (TPSA) is 71.1 Å². The number of carbonyl (C=O) groups is 2. The van der Waals surface area contributed by atoms with E-state index in [1.54, 1.807) is 6.92 Å². The third kappa shape index (κ3) is 5.13. The van der Waals surface area contributed by atoms with Crippen molar-refractivity contribution in [1.82, 2.24) is 15.4 Å². The van der Waals surface area contributed by atoms with E-state index < -0.39 is 36.3 Å². The standard InChI is InChI=1S/C24H21Cl2F4N3O4/c1-13-7-14(3-4-18(13)21(34)31-19-12-36-33(6-5-27)22(19)35)20-11-23(24(28,29)30,37-32(20)2)15-8-16(25)10-17(26)9-15/h3-4,7-11,19H,5-6,12H2,1-2H3,(H,31,34). The molecule has 2 aromatic rings. The second-order valence-corrected chi connectivity index (χ2v) is 9.36. The average Bonchev–Trinajstić information content (AvgIpc) is 3.34. The largest absolute Gasteiger partial charge is 0.428 e. The van der Waals surface area contributed by atoms with Crippen LogP contribution < -0.4 is 5.32 Å². The molecule has 2 unspecified atom stereocenters. The molecule has 0 spiro atoms. The molecule has 0 bridgehead atoms. The summed E-state index contributed by atoms with van der Waals surface area (Å²) in [5.41, 5.74) is -2.05. The van der Waals surface area contributed by atoms with Gasteiger partial charge < -0.3 is 5.32 Å². The van der Waals surface area contributed by atoms with Crippen LogP contribution in [0.1, 0.15) is 27.0 Å². The summed E-state index contributed by atoms with van der Waals surface area (Å²) in [7, 11) is 1.33. The van der Waals surface area contributed by atoms with Crippen LogP contribution in [0, 0.1) is 6.92 Å². The quantitative estimate of drug-likeness (QED) is 0.512. The monoisotopic (exact) mass is 561 g/mol. The van der Waals surface area contributed by atoms with E-state index in [1.165, 1.54) is 31.3 Å². The summed E-state index contributed by atoms with van der Waals surface area (Å²) >= 11 is 11.9. The molecule has 2 aromatic carbocycles. The molecule has 0 radical (unpaired) electrons. The number of aryl methyl sites for hydroxylation is 1. The first-order chi connectivity index (χ1) is 17.4. The van der Waals surface area contributed by atoms with Crippen LogP contribution in [0.4, 0.5) is 17.6 Å². The molecule has 1 fully saturated rings. The molecular weight excluding hydrogens is 541 g/mol. The summed E-state index contributed by atoms with van der Waals surface area (Å²) in [6.45, 7) is 0.431. The molecule has 0 saturated carbocycles. The summed E-state index contributed by atoms with van der Waals surface area (Å²) in [6, 6.07) is 7.03. The van der Waals surface area contributed by atoms with E-state index in [9.17, 15) is 27.2 Å². The summed E-state index contributed by atoms with van der Waals surface area (Å²) in [6.07, 6.45) is -3.94. The van der Waals surface area contributed by atoms with Crippen molar-refractivity contribution >= 4 is 40.7 Å². The van der Waals surface area contributed by atoms with Gasteiger partial charge in [0.2, 0.25) is 5.60 Å². The number of alkyl halides is 4. The highest BCUT2D eigenvalue weighted by Crippen LogP contribution is 2.51. The molecule has 4 rings (SSSR count). The number of nitrogens with zero attached hydrogens (tertiary/aromatic N) is 2. The van der Waals surface area contributed by atoms with E-state index in [0.29, 0.717) is 11.1 Å². The molecule has 2 heterocycles. The summed E-state index contributed by atoms with van der Waals surface area (Å²) in [5, 5.41) is 4.41. The number of hydroxylamine groups is 4. The Kier molecular flexibility index (Phi) is 7.44. The Morgan fingerprint density at radius 1 is 1.19 bits per heavy atom. The molecule has 0 aliphatic carbocycles. The van der Waals surface area contributed by atoms with Crippen molar-refractivity contribution in [1.29, 1.82) is 0 Å². The van der Waals surface area contributed by atoms with Gasteiger partial charge in [0.05, 0.1) is 12.2 Å². The highest BCUT2D eigenvalue weighted by molar-refractivity contribution is 6.34. The first-order valence-corrected chi connectivity index (χ1v) is 11.7. The first-order valence-electron chi connectivity index (χ1n) is 11.0. The number of benzene rings is 2. The number of hydrogen-bond acceptors (Lipinski definition) is 5. The van der Waals surface area contributed by atoms with Gasteiger partial charge in [0, 0.05) is 33.8 Å². The molecule has 198 valence electrons. The molecular formula is C24H21Cl2F4N3O4. The maximum Gasteiger partial charge on any atom is 0.428 e. The molecule has 37 heavy (non-hydrogen) atoms.